The molecule has 2 fully saturated rings. The minimum Gasteiger partial charge on any atom is -0.464 e. The maximum Gasteiger partial charge on any atom is 0.324 e. The molecule has 2 aromatic carbocycles. The fraction of sp³-hybridized carbons (Fsp3) is 0.540. The number of pyridine rings is 1. The Morgan fingerprint density at radius 2 is 1.84 bits per heavy atom. The molecule has 14 nitrogen and oxygen atoms in total. The van der Waals surface area contributed by atoms with E-state index in [1.807, 2.05) is 39.0 Å². The number of fused-ring (bicyclic) bond motifs is 6. The van der Waals surface area contributed by atoms with E-state index >= 15 is 0 Å². The maximum atomic E-state index is 14.7. The third kappa shape index (κ3) is 9.90. The van der Waals surface area contributed by atoms with E-state index in [-0.39, 0.29) is 49.4 Å². The van der Waals surface area contributed by atoms with Crippen molar-refractivity contribution in [2.75, 3.05) is 53.6 Å². The smallest absolute Gasteiger partial charge is 0.324 e. The Kier molecular flexibility index (Phi) is 14.6. The van der Waals surface area contributed by atoms with Crippen molar-refractivity contribution in [1.82, 2.24) is 35.1 Å². The van der Waals surface area contributed by atoms with Crippen molar-refractivity contribution in [3.05, 3.63) is 77.6 Å². The van der Waals surface area contributed by atoms with Crippen molar-refractivity contribution in [1.29, 1.82) is 0 Å². The van der Waals surface area contributed by atoms with Crippen molar-refractivity contribution in [3.8, 4) is 22.4 Å². The highest BCUT2D eigenvalue weighted by atomic mass is 16.5. The number of hydrogen-bond acceptors (Lipinski definition) is 10. The normalized spacial score (nSPS) is 21.7. The second-order valence-electron chi connectivity index (χ2n) is 19.0. The fourth-order valence-electron chi connectivity index (χ4n) is 9.97. The molecule has 64 heavy (non-hydrogen) atoms. The molecule has 4 aromatic rings. The monoisotopic (exact) mass is 878 g/mol. The number of esters is 1. The average Bonchev–Trinajstić information content (AvgIpc) is 3.88. The number of hydrazine groups is 1. The summed E-state index contributed by atoms with van der Waals surface area (Å²) in [6, 6.07) is 16.1. The fourth-order valence-corrected chi connectivity index (χ4v) is 9.97. The topological polar surface area (TPSA) is 159 Å². The molecule has 3 amide bonds. The van der Waals surface area contributed by atoms with Gasteiger partial charge in [-0.15, -0.1) is 0 Å². The lowest BCUT2D eigenvalue weighted by molar-refractivity contribution is -0.155. The Balaban J connectivity index is 1.29. The molecule has 3 aliphatic rings. The number of likely N-dealkylation sites (tertiary alicyclic amines) is 1. The number of rotatable bonds is 11. The number of amides is 3. The number of nitrogens with one attached hydrogen (secondary N) is 2. The van der Waals surface area contributed by atoms with E-state index in [4.69, 9.17) is 14.5 Å². The van der Waals surface area contributed by atoms with Crippen molar-refractivity contribution in [2.24, 2.45) is 17.3 Å². The highest BCUT2D eigenvalue weighted by Crippen LogP contribution is 2.42. The standard InChI is InChI=1S/C50H67N7O7/c1-9-56-42-18-17-35-27-38(42)39(45(56)37-15-11-20-51-43(37)32(4)63-8)28-50(5,6)30-64-49(62)40-16-12-21-57(53-40)48(61)41(26-33-13-10-14-34(35)25-33)52-46(59)44(31(2)3)54(7)47(60)36-19-22-55(29-36)23-24-58/h10-11,13-15,17-18,20,25,27,31-32,36,40-41,44,53,58H,9,12,16,19,21-24,26,28-30H2,1-8H3,(H,52,59)/t32-,36-,40-,41-,44?/m0/s1. The van der Waals surface area contributed by atoms with Gasteiger partial charge in [0.15, 0.2) is 0 Å². The van der Waals surface area contributed by atoms with Gasteiger partial charge in [-0.1, -0.05) is 58.0 Å². The van der Waals surface area contributed by atoms with Gasteiger partial charge in [-0.05, 0) is 98.5 Å². The number of β-amino-alcohol motifs (C(OH)–C–C–N with tert-alkyl or cyclic N) is 1. The molecular formula is C50H67N7O7. The Labute approximate surface area is 377 Å². The van der Waals surface area contributed by atoms with Crippen LogP contribution in [0.5, 0.6) is 0 Å². The summed E-state index contributed by atoms with van der Waals surface area (Å²) >= 11 is 0. The Bertz CT molecular complexity index is 2340. The van der Waals surface area contributed by atoms with Gasteiger partial charge in [0.2, 0.25) is 11.8 Å². The summed E-state index contributed by atoms with van der Waals surface area (Å²) in [6.45, 7) is 15.1. The largest absolute Gasteiger partial charge is 0.464 e. The molecule has 14 heteroatoms. The van der Waals surface area contributed by atoms with Crippen LogP contribution in [0.4, 0.5) is 0 Å². The van der Waals surface area contributed by atoms with E-state index in [0.717, 1.165) is 50.1 Å². The SMILES string of the molecule is CCn1c(-c2cccnc2[C@H](C)OC)c2c3cc(ccc31)-c1cccc(c1)C[C@H](NC(=O)C(C(C)C)N(C)C(=O)[C@H]1CCN(CCO)C1)C(=O)N1CCC[C@H](N1)C(=O)OCC(C)(C)C2. The van der Waals surface area contributed by atoms with Crippen LogP contribution in [0.3, 0.4) is 0 Å². The van der Waals surface area contributed by atoms with Crippen LogP contribution in [0, 0.1) is 17.3 Å². The quantitative estimate of drug-likeness (QED) is 0.164. The molecule has 5 heterocycles. The van der Waals surface area contributed by atoms with Gasteiger partial charge >= 0.3 is 5.97 Å². The van der Waals surface area contributed by atoms with Crippen molar-refractivity contribution in [3.63, 3.8) is 0 Å². The van der Waals surface area contributed by atoms with Crippen molar-refractivity contribution in [2.45, 2.75) is 104 Å². The van der Waals surface area contributed by atoms with E-state index in [1.54, 1.807) is 20.4 Å². The van der Waals surface area contributed by atoms with Crippen molar-refractivity contribution >= 4 is 34.6 Å². The van der Waals surface area contributed by atoms with E-state index in [0.29, 0.717) is 58.4 Å². The summed E-state index contributed by atoms with van der Waals surface area (Å²) in [5.41, 5.74) is 10.6. The summed E-state index contributed by atoms with van der Waals surface area (Å²) in [4.78, 5) is 65.3. The van der Waals surface area contributed by atoms with Crippen LogP contribution < -0.4 is 10.7 Å². The number of ether oxygens (including phenoxy) is 2. The molecule has 3 N–H and O–H groups in total. The molecule has 0 radical (unpaired) electrons. The second kappa shape index (κ2) is 19.9. The molecule has 5 atom stereocenters. The van der Waals surface area contributed by atoms with Gasteiger partial charge in [0, 0.05) is 74.8 Å². The van der Waals surface area contributed by atoms with Crippen LogP contribution in [0.1, 0.15) is 83.7 Å². The number of nitrogens with zero attached hydrogens (tertiary/aromatic N) is 5. The molecule has 2 aromatic heterocycles. The first-order valence-corrected chi connectivity index (χ1v) is 23.0. The van der Waals surface area contributed by atoms with Crippen LogP contribution in [0.25, 0.3) is 33.3 Å². The lowest BCUT2D eigenvalue weighted by Crippen LogP contribution is -2.62. The van der Waals surface area contributed by atoms with Crippen LogP contribution in [-0.4, -0.2) is 125 Å². The molecule has 7 rings (SSSR count). The molecule has 0 spiro atoms. The van der Waals surface area contributed by atoms with Gasteiger partial charge in [-0.2, -0.15) is 0 Å². The lowest BCUT2D eigenvalue weighted by atomic mass is 9.84. The number of aromatic nitrogens is 2. The summed E-state index contributed by atoms with van der Waals surface area (Å²) in [5, 5.41) is 15.1. The summed E-state index contributed by atoms with van der Waals surface area (Å²) in [7, 11) is 3.36. The number of hydrogen-bond donors (Lipinski definition) is 3. The van der Waals surface area contributed by atoms with Gasteiger partial charge in [-0.3, -0.25) is 29.2 Å². The number of likely N-dealkylation sites (N-methyl/N-ethyl adjacent to an activating group) is 1. The third-order valence-corrected chi connectivity index (χ3v) is 13.3. The maximum absolute atomic E-state index is 14.7. The van der Waals surface area contributed by atoms with Gasteiger partial charge in [-0.25, -0.2) is 5.43 Å². The number of aliphatic hydroxyl groups excluding tert-OH is 1. The Morgan fingerprint density at radius 1 is 1.06 bits per heavy atom. The highest BCUT2D eigenvalue weighted by Gasteiger charge is 2.40. The number of carbonyl (C=O) groups excluding carboxylic acids is 4. The summed E-state index contributed by atoms with van der Waals surface area (Å²) in [5.74, 6) is -1.91. The van der Waals surface area contributed by atoms with E-state index in [9.17, 15) is 24.3 Å². The van der Waals surface area contributed by atoms with Crippen LogP contribution in [-0.2, 0) is 48.0 Å². The zero-order valence-corrected chi connectivity index (χ0v) is 38.9. The van der Waals surface area contributed by atoms with E-state index < -0.39 is 35.4 Å². The molecule has 3 aliphatic heterocycles. The zero-order chi connectivity index (χ0) is 45.9. The molecule has 0 aliphatic carbocycles. The minimum atomic E-state index is -1.02. The second-order valence-corrected chi connectivity index (χ2v) is 19.0. The minimum absolute atomic E-state index is 0.0187. The first kappa shape index (κ1) is 46.8. The molecule has 344 valence electrons. The first-order valence-electron chi connectivity index (χ1n) is 23.0. The number of carbonyl (C=O) groups is 4. The average molecular weight is 878 g/mol. The highest BCUT2D eigenvalue weighted by molar-refractivity contribution is 5.96. The lowest BCUT2D eigenvalue weighted by Gasteiger charge is -2.37. The number of benzene rings is 2. The van der Waals surface area contributed by atoms with Crippen LogP contribution in [0.15, 0.2) is 60.8 Å². The predicted molar refractivity (Wildman–Crippen MR) is 247 cm³/mol. The molecular weight excluding hydrogens is 811 g/mol. The zero-order valence-electron chi connectivity index (χ0n) is 38.9. The van der Waals surface area contributed by atoms with Gasteiger partial charge in [0.1, 0.15) is 18.1 Å². The molecule has 6 bridgehead atoms. The van der Waals surface area contributed by atoms with Gasteiger partial charge < -0.3 is 34.3 Å². The number of aryl methyl sites for hydroxylation is 1. The number of methoxy groups -OCH3 is 1. The Hall–Kier alpha value is -5.15. The molecule has 1 unspecified atom stereocenters. The summed E-state index contributed by atoms with van der Waals surface area (Å²) in [6.07, 6.45) is 4.02. The van der Waals surface area contributed by atoms with Crippen LogP contribution in [0.2, 0.25) is 0 Å². The van der Waals surface area contributed by atoms with Crippen LogP contribution >= 0.6 is 0 Å². The van der Waals surface area contributed by atoms with Crippen molar-refractivity contribution < 1.29 is 33.8 Å². The molecule has 2 saturated heterocycles. The predicted octanol–water partition coefficient (Wildman–Crippen LogP) is 5.54. The van der Waals surface area contributed by atoms with E-state index in [2.05, 4.69) is 77.4 Å². The Morgan fingerprint density at radius 3 is 2.58 bits per heavy atom. The number of aliphatic hydroxyl groups is 1. The molecule has 0 saturated carbocycles. The third-order valence-electron chi connectivity index (χ3n) is 13.3. The number of cyclic esters (lactones) is 1. The summed E-state index contributed by atoms with van der Waals surface area (Å²) < 4.78 is 14.3. The van der Waals surface area contributed by atoms with E-state index in [1.165, 1.54) is 9.91 Å². The first-order chi connectivity index (χ1) is 30.6. The van der Waals surface area contributed by atoms with Gasteiger partial charge in [0.25, 0.3) is 5.91 Å². The van der Waals surface area contributed by atoms with Gasteiger partial charge in [0.05, 0.1) is 36.6 Å².